The predicted molar refractivity (Wildman–Crippen MR) is 83.1 cm³/mol. The number of para-hydroxylation sites is 2. The third-order valence-corrected chi connectivity index (χ3v) is 3.31. The summed E-state index contributed by atoms with van der Waals surface area (Å²) in [6.07, 6.45) is 2.77. The number of nitrogens with zero attached hydrogens (tertiary/aromatic N) is 1. The topological polar surface area (TPSA) is 82.7 Å². The Kier molecular flexibility index (Phi) is 5.37. The third-order valence-electron chi connectivity index (χ3n) is 3.31. The van der Waals surface area contributed by atoms with E-state index in [1.807, 2.05) is 13.1 Å². The van der Waals surface area contributed by atoms with Crippen LogP contribution in [-0.2, 0) is 9.59 Å². The fourth-order valence-electron chi connectivity index (χ4n) is 2.01. The molecule has 1 aromatic rings. The van der Waals surface area contributed by atoms with Gasteiger partial charge in [-0.25, -0.2) is 0 Å². The van der Waals surface area contributed by atoms with Gasteiger partial charge in [0.15, 0.2) is 0 Å². The van der Waals surface area contributed by atoms with Crippen LogP contribution in [-0.4, -0.2) is 44.0 Å². The Morgan fingerprint density at radius 2 is 2.00 bits per heavy atom. The van der Waals surface area contributed by atoms with Crippen molar-refractivity contribution in [2.45, 2.75) is 6.42 Å². The molecule has 0 radical (unpaired) electrons. The van der Waals surface area contributed by atoms with Gasteiger partial charge in [0.2, 0.25) is 0 Å². The van der Waals surface area contributed by atoms with Crippen molar-refractivity contribution >= 4 is 17.5 Å². The lowest BCUT2D eigenvalue weighted by molar-refractivity contribution is -0.136. The molecule has 7 heteroatoms. The van der Waals surface area contributed by atoms with Crippen LogP contribution in [0, 0.1) is 0 Å². The van der Waals surface area contributed by atoms with Crippen molar-refractivity contribution in [2.75, 3.05) is 32.6 Å². The molecule has 0 spiro atoms. The summed E-state index contributed by atoms with van der Waals surface area (Å²) >= 11 is 0. The van der Waals surface area contributed by atoms with E-state index in [4.69, 9.17) is 4.74 Å². The summed E-state index contributed by atoms with van der Waals surface area (Å²) in [5, 5.41) is 2.51. The highest BCUT2D eigenvalue weighted by atomic mass is 16.5. The number of carbonyl (C=O) groups excluding carboxylic acids is 2. The first-order valence-electron chi connectivity index (χ1n) is 6.98. The van der Waals surface area contributed by atoms with Crippen molar-refractivity contribution in [1.29, 1.82) is 0 Å². The van der Waals surface area contributed by atoms with Crippen molar-refractivity contribution in [3.8, 4) is 5.75 Å². The van der Waals surface area contributed by atoms with E-state index in [0.717, 1.165) is 25.2 Å². The van der Waals surface area contributed by atoms with Gasteiger partial charge in [-0.05, 0) is 25.3 Å². The van der Waals surface area contributed by atoms with Gasteiger partial charge < -0.3 is 20.4 Å². The monoisotopic (exact) mass is 304 g/mol. The summed E-state index contributed by atoms with van der Waals surface area (Å²) in [5.41, 5.74) is 6.52. The van der Waals surface area contributed by atoms with E-state index >= 15 is 0 Å². The lowest BCUT2D eigenvalue weighted by Gasteiger charge is -2.22. The number of amides is 2. The molecule has 0 bridgehead atoms. The summed E-state index contributed by atoms with van der Waals surface area (Å²) in [5.74, 6) is -1.02. The Labute approximate surface area is 129 Å². The standard InChI is InChI=1S/C15H20N4O3/c1-19-9-7-11(8-10-19)17-18-15(21)14(20)16-12-5-3-4-6-13(12)22-2/h3-7,17H,8-10H2,1-2H3,(H,16,20)(H,18,21). The van der Waals surface area contributed by atoms with Gasteiger partial charge in [-0.2, -0.15) is 0 Å². The number of anilines is 1. The van der Waals surface area contributed by atoms with Gasteiger partial charge in [-0.3, -0.25) is 15.0 Å². The fraction of sp³-hybridized carbons (Fsp3) is 0.333. The van der Waals surface area contributed by atoms with Crippen LogP contribution in [0.3, 0.4) is 0 Å². The molecule has 1 heterocycles. The Balaban J connectivity index is 1.86. The Hall–Kier alpha value is -2.54. The Bertz CT molecular complexity index is 586. The number of carbonyl (C=O) groups is 2. The highest BCUT2D eigenvalue weighted by Gasteiger charge is 2.16. The number of rotatable bonds is 4. The van der Waals surface area contributed by atoms with E-state index in [2.05, 4.69) is 21.1 Å². The van der Waals surface area contributed by atoms with Crippen molar-refractivity contribution in [2.24, 2.45) is 0 Å². The smallest absolute Gasteiger partial charge is 0.327 e. The Morgan fingerprint density at radius 3 is 2.68 bits per heavy atom. The van der Waals surface area contributed by atoms with Gasteiger partial charge in [0.25, 0.3) is 0 Å². The van der Waals surface area contributed by atoms with Crippen LogP contribution in [0.4, 0.5) is 5.69 Å². The lowest BCUT2D eigenvalue weighted by atomic mass is 10.2. The minimum Gasteiger partial charge on any atom is -0.495 e. The number of likely N-dealkylation sites (N-methyl/N-ethyl adjacent to an activating group) is 1. The van der Waals surface area contributed by atoms with Gasteiger partial charge in [-0.15, -0.1) is 0 Å². The molecule has 0 fully saturated rings. The lowest BCUT2D eigenvalue weighted by Crippen LogP contribution is -2.44. The van der Waals surface area contributed by atoms with Gasteiger partial charge in [0.05, 0.1) is 12.8 Å². The zero-order valence-corrected chi connectivity index (χ0v) is 12.7. The van der Waals surface area contributed by atoms with Crippen LogP contribution in [0.25, 0.3) is 0 Å². The van der Waals surface area contributed by atoms with Crippen LogP contribution < -0.4 is 20.9 Å². The molecular weight excluding hydrogens is 284 g/mol. The summed E-state index contributed by atoms with van der Waals surface area (Å²) in [6.45, 7) is 1.72. The molecule has 2 rings (SSSR count). The molecule has 3 N–H and O–H groups in total. The average molecular weight is 304 g/mol. The second-order valence-corrected chi connectivity index (χ2v) is 4.98. The average Bonchev–Trinajstić information content (AvgIpc) is 2.54. The van der Waals surface area contributed by atoms with Gasteiger partial charge in [0, 0.05) is 25.2 Å². The van der Waals surface area contributed by atoms with E-state index < -0.39 is 11.8 Å². The summed E-state index contributed by atoms with van der Waals surface area (Å²) in [6, 6.07) is 6.90. The number of nitrogens with one attached hydrogen (secondary N) is 3. The SMILES string of the molecule is COc1ccccc1NC(=O)C(=O)NNC1=CCN(C)CC1. The van der Waals surface area contributed by atoms with Gasteiger partial charge in [-0.1, -0.05) is 12.1 Å². The quantitative estimate of drug-likeness (QED) is 0.556. The summed E-state index contributed by atoms with van der Waals surface area (Å²) < 4.78 is 5.12. The van der Waals surface area contributed by atoms with E-state index in [0.29, 0.717) is 11.4 Å². The van der Waals surface area contributed by atoms with Gasteiger partial charge in [0.1, 0.15) is 5.75 Å². The number of hydrogen-bond acceptors (Lipinski definition) is 5. The van der Waals surface area contributed by atoms with E-state index in [1.165, 1.54) is 7.11 Å². The molecule has 0 unspecified atom stereocenters. The van der Waals surface area contributed by atoms with Crippen LogP contribution in [0.5, 0.6) is 5.75 Å². The minimum absolute atomic E-state index is 0.448. The van der Waals surface area contributed by atoms with E-state index in [9.17, 15) is 9.59 Å². The molecule has 7 nitrogen and oxygen atoms in total. The largest absolute Gasteiger partial charge is 0.495 e. The van der Waals surface area contributed by atoms with Crippen LogP contribution in [0.1, 0.15) is 6.42 Å². The molecule has 0 aromatic heterocycles. The molecule has 2 amide bonds. The third kappa shape index (κ3) is 4.23. The maximum absolute atomic E-state index is 11.9. The van der Waals surface area contributed by atoms with Gasteiger partial charge >= 0.3 is 11.8 Å². The molecule has 1 aliphatic rings. The van der Waals surface area contributed by atoms with Crippen LogP contribution >= 0.6 is 0 Å². The number of methoxy groups -OCH3 is 1. The van der Waals surface area contributed by atoms with Crippen molar-refractivity contribution in [1.82, 2.24) is 15.8 Å². The molecule has 0 atom stereocenters. The zero-order valence-electron chi connectivity index (χ0n) is 12.7. The number of ether oxygens (including phenoxy) is 1. The van der Waals surface area contributed by atoms with Crippen molar-refractivity contribution < 1.29 is 14.3 Å². The van der Waals surface area contributed by atoms with Crippen LogP contribution in [0.15, 0.2) is 36.0 Å². The first kappa shape index (κ1) is 15.8. The second kappa shape index (κ2) is 7.46. The van der Waals surface area contributed by atoms with Crippen LogP contribution in [0.2, 0.25) is 0 Å². The fourth-order valence-corrected chi connectivity index (χ4v) is 2.01. The molecule has 0 saturated heterocycles. The molecule has 0 aliphatic carbocycles. The highest BCUT2D eigenvalue weighted by molar-refractivity contribution is 6.39. The maximum atomic E-state index is 11.9. The molecule has 22 heavy (non-hydrogen) atoms. The van der Waals surface area contributed by atoms with E-state index in [1.54, 1.807) is 24.3 Å². The summed E-state index contributed by atoms with van der Waals surface area (Å²) in [4.78, 5) is 25.8. The first-order chi connectivity index (χ1) is 10.6. The minimum atomic E-state index is -0.759. The molecule has 1 aliphatic heterocycles. The highest BCUT2D eigenvalue weighted by Crippen LogP contribution is 2.22. The zero-order chi connectivity index (χ0) is 15.9. The maximum Gasteiger partial charge on any atom is 0.327 e. The number of benzene rings is 1. The second-order valence-electron chi connectivity index (χ2n) is 4.98. The number of hydrazine groups is 1. The predicted octanol–water partition coefficient (Wildman–Crippen LogP) is 0.474. The van der Waals surface area contributed by atoms with Crippen molar-refractivity contribution in [3.63, 3.8) is 0 Å². The normalized spacial score (nSPS) is 14.7. The first-order valence-corrected chi connectivity index (χ1v) is 6.98. The number of hydrogen-bond donors (Lipinski definition) is 3. The van der Waals surface area contributed by atoms with E-state index in [-0.39, 0.29) is 0 Å². The molecule has 0 saturated carbocycles. The van der Waals surface area contributed by atoms with Crippen molar-refractivity contribution in [3.05, 3.63) is 36.0 Å². The molecule has 1 aromatic carbocycles. The summed E-state index contributed by atoms with van der Waals surface area (Å²) in [7, 11) is 3.52. The molecular formula is C15H20N4O3. The Morgan fingerprint density at radius 1 is 1.23 bits per heavy atom. The molecule has 118 valence electrons.